The Morgan fingerprint density at radius 3 is 2.47 bits per heavy atom. The number of allylic oxidation sites excluding steroid dienone is 4. The fourth-order valence-corrected chi connectivity index (χ4v) is 3.49. The molecule has 1 aliphatic rings. The number of benzene rings is 1. The fourth-order valence-electron chi connectivity index (χ4n) is 2.38. The van der Waals surface area contributed by atoms with Crippen LogP contribution in [0.1, 0.15) is 30.9 Å². The largest absolute Gasteiger partial charge is 0.411 e. The summed E-state index contributed by atoms with van der Waals surface area (Å²) >= 11 is 0. The van der Waals surface area contributed by atoms with Crippen LogP contribution in [-0.2, 0) is 4.43 Å². The van der Waals surface area contributed by atoms with E-state index in [4.69, 9.17) is 4.43 Å². The molecule has 102 valence electrons. The Labute approximate surface area is 118 Å². The van der Waals surface area contributed by atoms with Crippen LogP contribution in [0.15, 0.2) is 54.1 Å². The lowest BCUT2D eigenvalue weighted by molar-refractivity contribution is 0.188. The van der Waals surface area contributed by atoms with Gasteiger partial charge in [-0.25, -0.2) is 0 Å². The van der Waals surface area contributed by atoms with E-state index < -0.39 is 8.32 Å². The van der Waals surface area contributed by atoms with Crippen LogP contribution in [0.4, 0.5) is 0 Å². The molecule has 0 amide bonds. The van der Waals surface area contributed by atoms with Crippen molar-refractivity contribution < 1.29 is 4.43 Å². The lowest BCUT2D eigenvalue weighted by atomic mass is 10.0. The van der Waals surface area contributed by atoms with Gasteiger partial charge in [-0.3, -0.25) is 0 Å². The molecule has 0 radical (unpaired) electrons. The maximum absolute atomic E-state index is 6.37. The Hall–Kier alpha value is -1.12. The van der Waals surface area contributed by atoms with Crippen molar-refractivity contribution in [3.8, 4) is 0 Å². The molecule has 1 unspecified atom stereocenters. The van der Waals surface area contributed by atoms with Gasteiger partial charge in [0.05, 0.1) is 6.10 Å². The zero-order valence-electron chi connectivity index (χ0n) is 12.2. The second-order valence-corrected chi connectivity index (χ2v) is 10.5. The van der Waals surface area contributed by atoms with Crippen LogP contribution in [0.2, 0.25) is 19.6 Å². The number of rotatable bonds is 6. The molecule has 0 spiro atoms. The van der Waals surface area contributed by atoms with E-state index in [0.717, 1.165) is 19.3 Å². The highest BCUT2D eigenvalue weighted by atomic mass is 28.4. The van der Waals surface area contributed by atoms with E-state index in [9.17, 15) is 0 Å². The summed E-state index contributed by atoms with van der Waals surface area (Å²) in [6.07, 6.45) is 10.3. The minimum absolute atomic E-state index is 0.239. The van der Waals surface area contributed by atoms with Crippen molar-refractivity contribution in [2.45, 2.75) is 45.0 Å². The normalized spacial score (nSPS) is 16.5. The molecule has 0 aromatic heterocycles. The molecule has 0 fully saturated rings. The quantitative estimate of drug-likeness (QED) is 0.643. The van der Waals surface area contributed by atoms with Gasteiger partial charge in [-0.1, -0.05) is 54.1 Å². The summed E-state index contributed by atoms with van der Waals surface area (Å²) in [5.41, 5.74) is 2.77. The zero-order valence-corrected chi connectivity index (χ0v) is 13.2. The first-order valence-corrected chi connectivity index (χ1v) is 10.5. The van der Waals surface area contributed by atoms with E-state index in [1.54, 1.807) is 0 Å². The summed E-state index contributed by atoms with van der Waals surface area (Å²) in [7, 11) is -1.52. The van der Waals surface area contributed by atoms with E-state index in [0.29, 0.717) is 0 Å². The van der Waals surface area contributed by atoms with Crippen molar-refractivity contribution in [3.63, 3.8) is 0 Å². The molecule has 0 aliphatic heterocycles. The highest BCUT2D eigenvalue weighted by Gasteiger charge is 2.22. The van der Waals surface area contributed by atoms with Gasteiger partial charge in [-0.05, 0) is 44.5 Å². The molecular weight excluding hydrogens is 248 g/mol. The highest BCUT2D eigenvalue weighted by molar-refractivity contribution is 6.69. The molecule has 2 rings (SSSR count). The fraction of sp³-hybridized carbons (Fsp3) is 0.412. The van der Waals surface area contributed by atoms with E-state index in [1.807, 2.05) is 0 Å². The second kappa shape index (κ2) is 6.35. The molecule has 0 N–H and O–H groups in total. The minimum Gasteiger partial charge on any atom is -0.411 e. The monoisotopic (exact) mass is 272 g/mol. The van der Waals surface area contributed by atoms with E-state index in [-0.39, 0.29) is 6.10 Å². The summed E-state index contributed by atoms with van der Waals surface area (Å²) in [4.78, 5) is 0. The standard InChI is InChI=1S/C17H24OSi/c1-19(2,3)18-17(16-11-5-4-6-12-16)14-13-15-9-7-8-10-15/h4-7,9-12,17H,8,13-14H2,1-3H3. The molecule has 1 aromatic rings. The molecule has 2 heteroatoms. The third kappa shape index (κ3) is 4.81. The van der Waals surface area contributed by atoms with Gasteiger partial charge in [0.1, 0.15) is 0 Å². The average Bonchev–Trinajstić information content (AvgIpc) is 2.87. The van der Waals surface area contributed by atoms with Gasteiger partial charge in [-0.15, -0.1) is 0 Å². The molecule has 19 heavy (non-hydrogen) atoms. The predicted octanol–water partition coefficient (Wildman–Crippen LogP) is 5.25. The van der Waals surface area contributed by atoms with Gasteiger partial charge in [0, 0.05) is 0 Å². The van der Waals surface area contributed by atoms with E-state index in [1.165, 1.54) is 11.1 Å². The van der Waals surface area contributed by atoms with Crippen molar-refractivity contribution in [1.29, 1.82) is 0 Å². The predicted molar refractivity (Wildman–Crippen MR) is 84.7 cm³/mol. The van der Waals surface area contributed by atoms with Crippen molar-refractivity contribution in [2.24, 2.45) is 0 Å². The summed E-state index contributed by atoms with van der Waals surface area (Å²) in [5, 5.41) is 0. The molecule has 0 saturated heterocycles. The Morgan fingerprint density at radius 1 is 1.16 bits per heavy atom. The van der Waals surface area contributed by atoms with Gasteiger partial charge in [0.2, 0.25) is 0 Å². The highest BCUT2D eigenvalue weighted by Crippen LogP contribution is 2.29. The topological polar surface area (TPSA) is 9.23 Å². The number of hydrogen-bond donors (Lipinski definition) is 0. The molecule has 0 bridgehead atoms. The Kier molecular flexibility index (Phi) is 4.78. The first-order valence-electron chi connectivity index (χ1n) is 7.13. The van der Waals surface area contributed by atoms with Gasteiger partial charge in [0.25, 0.3) is 0 Å². The SMILES string of the molecule is C[Si](C)(C)OC(CCC1=CCC=C1)c1ccccc1. The molecular formula is C17H24OSi. The first-order chi connectivity index (χ1) is 9.04. The van der Waals surface area contributed by atoms with Crippen molar-refractivity contribution in [1.82, 2.24) is 0 Å². The van der Waals surface area contributed by atoms with Crippen LogP contribution < -0.4 is 0 Å². The molecule has 0 heterocycles. The van der Waals surface area contributed by atoms with Crippen LogP contribution in [0.5, 0.6) is 0 Å². The van der Waals surface area contributed by atoms with Crippen molar-refractivity contribution in [2.75, 3.05) is 0 Å². The minimum atomic E-state index is -1.52. The molecule has 0 saturated carbocycles. The first kappa shape index (κ1) is 14.3. The lowest BCUT2D eigenvalue weighted by Crippen LogP contribution is -2.28. The molecule has 1 aliphatic carbocycles. The van der Waals surface area contributed by atoms with Crippen LogP contribution >= 0.6 is 0 Å². The van der Waals surface area contributed by atoms with E-state index in [2.05, 4.69) is 68.2 Å². The van der Waals surface area contributed by atoms with Gasteiger partial charge in [-0.2, -0.15) is 0 Å². The smallest absolute Gasteiger partial charge is 0.184 e. The van der Waals surface area contributed by atoms with E-state index >= 15 is 0 Å². The van der Waals surface area contributed by atoms with Crippen LogP contribution in [0.3, 0.4) is 0 Å². The molecule has 1 atom stereocenters. The lowest BCUT2D eigenvalue weighted by Gasteiger charge is -2.27. The average molecular weight is 272 g/mol. The van der Waals surface area contributed by atoms with Gasteiger partial charge < -0.3 is 4.43 Å². The summed E-state index contributed by atoms with van der Waals surface area (Å²) in [5.74, 6) is 0. The van der Waals surface area contributed by atoms with Gasteiger partial charge >= 0.3 is 0 Å². The van der Waals surface area contributed by atoms with Crippen LogP contribution in [0.25, 0.3) is 0 Å². The summed E-state index contributed by atoms with van der Waals surface area (Å²) in [6.45, 7) is 6.78. The third-order valence-corrected chi connectivity index (χ3v) is 4.20. The van der Waals surface area contributed by atoms with Crippen LogP contribution in [-0.4, -0.2) is 8.32 Å². The van der Waals surface area contributed by atoms with Crippen molar-refractivity contribution in [3.05, 3.63) is 59.7 Å². The zero-order chi connectivity index (χ0) is 13.7. The molecule has 1 nitrogen and oxygen atoms in total. The summed E-state index contributed by atoms with van der Waals surface area (Å²) < 4.78 is 6.37. The molecule has 1 aromatic carbocycles. The second-order valence-electron chi connectivity index (χ2n) is 6.09. The maximum atomic E-state index is 6.37. The van der Waals surface area contributed by atoms with Crippen molar-refractivity contribution >= 4 is 8.32 Å². The van der Waals surface area contributed by atoms with Crippen LogP contribution in [0, 0.1) is 0 Å². The van der Waals surface area contributed by atoms with Gasteiger partial charge in [0.15, 0.2) is 8.32 Å². The Morgan fingerprint density at radius 2 is 1.89 bits per heavy atom. The Balaban J connectivity index is 2.03. The Bertz CT molecular complexity index is 454. The number of hydrogen-bond acceptors (Lipinski definition) is 1. The maximum Gasteiger partial charge on any atom is 0.184 e. The summed E-state index contributed by atoms with van der Waals surface area (Å²) in [6, 6.07) is 10.6. The third-order valence-electron chi connectivity index (χ3n) is 3.21.